The molecule has 0 atom stereocenters. The van der Waals surface area contributed by atoms with Crippen molar-refractivity contribution in [1.29, 1.82) is 0 Å². The molecule has 10 heteroatoms. The predicted molar refractivity (Wildman–Crippen MR) is 28.4 cm³/mol. The van der Waals surface area contributed by atoms with Crippen LogP contribution in [0, 0.1) is 62.2 Å². The van der Waals surface area contributed by atoms with E-state index >= 15 is 0 Å². The van der Waals surface area contributed by atoms with Crippen molar-refractivity contribution in [1.82, 2.24) is 0 Å². The summed E-state index contributed by atoms with van der Waals surface area (Å²) in [6.45, 7) is 0. The maximum atomic E-state index is 8.25. The van der Waals surface area contributed by atoms with E-state index in [1.54, 1.807) is 0 Å². The molecule has 0 saturated carbocycles. The fourth-order valence-electron chi connectivity index (χ4n) is 0. The first-order valence-corrected chi connectivity index (χ1v) is 0.548. The summed E-state index contributed by atoms with van der Waals surface area (Å²) in [4.78, 5) is 8.25. The molecule has 0 aliphatic heterocycles. The van der Waals surface area contributed by atoms with Gasteiger partial charge in [0, 0.05) is 46.9 Å². The van der Waals surface area contributed by atoms with Crippen LogP contribution in [-0.2, 0) is 0 Å². The molecular weight excluding hydrogens is 315 g/mol. The Bertz CT molecular complexity index is 32.2. The van der Waals surface area contributed by atoms with Gasteiger partial charge in [0.25, 0.3) is 0 Å². The van der Waals surface area contributed by atoms with Crippen LogP contribution >= 0.6 is 0 Å². The zero-order valence-corrected chi connectivity index (χ0v) is 6.15. The molecule has 0 fully saturated rings. The third-order valence-electron chi connectivity index (χ3n) is 0. The predicted octanol–water partition coefficient (Wildman–Crippen LogP) is -4.36. The molecule has 0 bridgehead atoms. The van der Waals surface area contributed by atoms with Crippen LogP contribution in [0.2, 0.25) is 0 Å². The van der Waals surface area contributed by atoms with Gasteiger partial charge < -0.3 is 42.7 Å². The van der Waals surface area contributed by atoms with Crippen molar-refractivity contribution in [2.45, 2.75) is 0 Å². The van der Waals surface area contributed by atoms with Gasteiger partial charge in [-0.15, -0.1) is 0 Å². The molecule has 0 amide bonds. The van der Waals surface area contributed by atoms with Crippen LogP contribution in [0.25, 0.3) is 0 Å². The third kappa shape index (κ3) is 1790. The Hall–Kier alpha value is 0.519. The normalized spacial score (nSPS) is 2.40. The molecule has 78 valence electrons. The first-order valence-electron chi connectivity index (χ1n) is 0.548. The molecule has 0 saturated heterocycles. The number of hydrogen-bond donors (Lipinski definition) is 0. The number of hydrogen-bond acceptors (Lipinski definition) is 3. The molecule has 0 aromatic rings. The Morgan fingerprint density at radius 1 is 0.800 bits per heavy atom. The van der Waals surface area contributed by atoms with Crippen LogP contribution in [0.5, 0.6) is 0 Å². The van der Waals surface area contributed by atoms with Crippen LogP contribution in [0.4, 0.5) is 0 Å². The van der Waals surface area contributed by atoms with E-state index in [1.807, 2.05) is 0 Å². The molecular formula is H10NO8Yb-. The summed E-state index contributed by atoms with van der Waals surface area (Å²) in [5.41, 5.74) is 0. The van der Waals surface area contributed by atoms with E-state index in [4.69, 9.17) is 15.3 Å². The van der Waals surface area contributed by atoms with Gasteiger partial charge in [-0.05, 0) is 0 Å². The molecule has 0 radical (unpaired) electrons. The van der Waals surface area contributed by atoms with Crippen LogP contribution in [0.1, 0.15) is 0 Å². The zero-order valence-electron chi connectivity index (χ0n) is 4.44. The summed E-state index contributed by atoms with van der Waals surface area (Å²) in [5.74, 6) is 0. The largest absolute Gasteiger partial charge is 0.412 e. The summed E-state index contributed by atoms with van der Waals surface area (Å²) >= 11 is 0. The van der Waals surface area contributed by atoms with Gasteiger partial charge in [0.2, 0.25) is 0 Å². The Balaban J connectivity index is -0.00000000300. The van der Waals surface area contributed by atoms with Gasteiger partial charge >= 0.3 is 0 Å². The standard InChI is InChI=1S/NO3.5H2O.Yb/c2-1(3)4;;;;;;/h;5*1H2;/q-1;;;;;;. The van der Waals surface area contributed by atoms with Gasteiger partial charge in [0.1, 0.15) is 0 Å². The summed E-state index contributed by atoms with van der Waals surface area (Å²) in [6.07, 6.45) is 0. The minimum Gasteiger partial charge on any atom is -0.412 e. The Morgan fingerprint density at radius 2 is 0.800 bits per heavy atom. The number of nitrogens with zero attached hydrogens (tertiary/aromatic N) is 1. The van der Waals surface area contributed by atoms with Gasteiger partial charge in [-0.2, -0.15) is 0 Å². The quantitative estimate of drug-likeness (QED) is 0.318. The second kappa shape index (κ2) is 55.8. The molecule has 0 rings (SSSR count). The zero-order chi connectivity index (χ0) is 3.58. The smallest absolute Gasteiger partial charge is 0.0689 e. The van der Waals surface area contributed by atoms with E-state index in [0.717, 1.165) is 0 Å². The Morgan fingerprint density at radius 3 is 0.800 bits per heavy atom. The van der Waals surface area contributed by atoms with Crippen molar-refractivity contribution in [3.05, 3.63) is 15.3 Å². The minimum atomic E-state index is -1.75. The van der Waals surface area contributed by atoms with E-state index in [0.29, 0.717) is 0 Å². The summed E-state index contributed by atoms with van der Waals surface area (Å²) in [6, 6.07) is 0. The first-order chi connectivity index (χ1) is 1.73. The fraction of sp³-hybridized carbons (Fsp3) is 0. The molecule has 0 heterocycles. The van der Waals surface area contributed by atoms with Crippen molar-refractivity contribution >= 4 is 0 Å². The molecule has 0 aliphatic carbocycles. The van der Waals surface area contributed by atoms with Gasteiger partial charge in [0.15, 0.2) is 0 Å². The monoisotopic (exact) mass is 326 g/mol. The van der Waals surface area contributed by atoms with Crippen molar-refractivity contribution in [3.63, 3.8) is 0 Å². The van der Waals surface area contributed by atoms with Crippen molar-refractivity contribution in [2.24, 2.45) is 0 Å². The van der Waals surface area contributed by atoms with E-state index < -0.39 is 5.09 Å². The van der Waals surface area contributed by atoms with Crippen molar-refractivity contribution < 1.29 is 79.4 Å². The molecule has 0 aliphatic rings. The molecule has 9 nitrogen and oxygen atoms in total. The molecule has 0 aromatic heterocycles. The average molecular weight is 325 g/mol. The molecule has 10 N–H and O–H groups in total. The van der Waals surface area contributed by atoms with Crippen molar-refractivity contribution in [3.8, 4) is 0 Å². The second-order valence-electron chi connectivity index (χ2n) is 0.224. The van der Waals surface area contributed by atoms with E-state index in [2.05, 4.69) is 0 Å². The molecule has 10 heavy (non-hydrogen) atoms. The van der Waals surface area contributed by atoms with Gasteiger partial charge in [-0.3, -0.25) is 0 Å². The van der Waals surface area contributed by atoms with Crippen LogP contribution in [-0.4, -0.2) is 32.5 Å². The van der Waals surface area contributed by atoms with E-state index in [1.165, 1.54) is 0 Å². The topological polar surface area (TPSA) is 224 Å². The average Bonchev–Trinajstić information content (AvgIpc) is 0.811. The molecule has 0 spiro atoms. The Kier molecular flexibility index (Phi) is 429. The fourth-order valence-corrected chi connectivity index (χ4v) is 0. The van der Waals surface area contributed by atoms with Crippen LogP contribution in [0.15, 0.2) is 0 Å². The van der Waals surface area contributed by atoms with Gasteiger partial charge in [-0.25, -0.2) is 0 Å². The van der Waals surface area contributed by atoms with Gasteiger partial charge in [-0.1, -0.05) is 0 Å². The molecule has 0 aromatic carbocycles. The van der Waals surface area contributed by atoms with Crippen LogP contribution < -0.4 is 0 Å². The summed E-state index contributed by atoms with van der Waals surface area (Å²) < 4.78 is 0. The third-order valence-corrected chi connectivity index (χ3v) is 0. The Labute approximate surface area is 93.9 Å². The summed E-state index contributed by atoms with van der Waals surface area (Å²) in [7, 11) is 0. The van der Waals surface area contributed by atoms with Gasteiger partial charge in [0.05, 0.1) is 5.09 Å². The van der Waals surface area contributed by atoms with Crippen LogP contribution in [0.3, 0.4) is 0 Å². The number of rotatable bonds is 0. The minimum absolute atomic E-state index is 0. The van der Waals surface area contributed by atoms with Crippen molar-refractivity contribution in [2.75, 3.05) is 0 Å². The maximum Gasteiger partial charge on any atom is 0.0689 e. The molecule has 0 unspecified atom stereocenters. The SMILES string of the molecule is O.O.O.O.O.O=[N+]([O-])[O-].[Yb]. The van der Waals surface area contributed by atoms with E-state index in [-0.39, 0.29) is 74.3 Å². The maximum absolute atomic E-state index is 8.25. The summed E-state index contributed by atoms with van der Waals surface area (Å²) in [5, 5.41) is 14.8. The van der Waals surface area contributed by atoms with E-state index in [9.17, 15) is 0 Å². The first kappa shape index (κ1) is 77.0. The second-order valence-corrected chi connectivity index (χ2v) is 0.224.